The van der Waals surface area contributed by atoms with Crippen LogP contribution in [0.1, 0.15) is 27.5 Å². The lowest BCUT2D eigenvalue weighted by Crippen LogP contribution is -2.32. The van der Waals surface area contributed by atoms with Crippen LogP contribution < -0.4 is 19.8 Å². The van der Waals surface area contributed by atoms with Crippen LogP contribution in [0.2, 0.25) is 0 Å². The zero-order valence-corrected chi connectivity index (χ0v) is 23.9. The standard InChI is InChI=1S/C30H22F3N3O5S2/c1-15-7-2-4-11-19(15)34-21(37)14-41-20-12-5-3-10-18(20)22-23-25(42-26-24(22)43-29(40)35-26)28(39)36(27(23)38)17-9-6-8-16(13-17)30(31,32)33/h2-13,22-23,25H,14H2,1H3,(H,34,37)(H,35,40)/t22-,23-,25+/m0/s1. The molecule has 0 unspecified atom stereocenters. The molecule has 2 aliphatic rings. The van der Waals surface area contributed by atoms with Gasteiger partial charge in [0.05, 0.1) is 22.2 Å². The van der Waals surface area contributed by atoms with Crippen LogP contribution in [0.4, 0.5) is 24.5 Å². The topological polar surface area (TPSA) is 109 Å². The first-order chi connectivity index (χ1) is 20.5. The Morgan fingerprint density at radius 2 is 1.74 bits per heavy atom. The van der Waals surface area contributed by atoms with Crippen LogP contribution in [0.15, 0.2) is 82.6 Å². The second-order valence-corrected chi connectivity index (χ2v) is 12.2. The van der Waals surface area contributed by atoms with Gasteiger partial charge < -0.3 is 15.0 Å². The molecule has 2 N–H and O–H groups in total. The van der Waals surface area contributed by atoms with Gasteiger partial charge in [0.1, 0.15) is 11.0 Å². The summed E-state index contributed by atoms with van der Waals surface area (Å²) in [6, 6.07) is 18.0. The molecule has 1 fully saturated rings. The molecule has 0 radical (unpaired) electrons. The number of alkyl halides is 3. The zero-order chi connectivity index (χ0) is 30.5. The van der Waals surface area contributed by atoms with E-state index in [1.807, 2.05) is 19.1 Å². The Hall–Kier alpha value is -4.36. The fourth-order valence-corrected chi connectivity index (χ4v) is 7.85. The molecule has 220 valence electrons. The van der Waals surface area contributed by atoms with Crippen molar-refractivity contribution in [1.29, 1.82) is 0 Å². The maximum absolute atomic E-state index is 13.9. The van der Waals surface area contributed by atoms with E-state index in [0.717, 1.165) is 51.8 Å². The molecule has 0 bridgehead atoms. The average molecular weight is 626 g/mol. The summed E-state index contributed by atoms with van der Waals surface area (Å²) in [5.74, 6) is -3.41. The Balaban J connectivity index is 1.35. The fraction of sp³-hybridized carbons (Fsp3) is 0.200. The van der Waals surface area contributed by atoms with Crippen LogP contribution in [0, 0.1) is 12.8 Å². The number of halogens is 3. The molecule has 43 heavy (non-hydrogen) atoms. The SMILES string of the molecule is Cc1ccccc1NC(=O)COc1ccccc1[C@@H]1c2sc(=O)[nH]c2S[C@H]2C(=O)N(c3cccc(C(F)(F)F)c3)C(=O)[C@@H]12. The van der Waals surface area contributed by atoms with Gasteiger partial charge in [-0.25, -0.2) is 4.90 Å². The van der Waals surface area contributed by atoms with E-state index >= 15 is 0 Å². The normalized spacial score (nSPS) is 19.6. The van der Waals surface area contributed by atoms with Gasteiger partial charge in [0.15, 0.2) is 6.61 Å². The van der Waals surface area contributed by atoms with E-state index in [4.69, 9.17) is 4.74 Å². The minimum absolute atomic E-state index is 0.187. The smallest absolute Gasteiger partial charge is 0.416 e. The molecule has 6 rings (SSSR count). The molecule has 3 heterocycles. The summed E-state index contributed by atoms with van der Waals surface area (Å²) in [5, 5.41) is 2.18. The van der Waals surface area contributed by atoms with Crippen molar-refractivity contribution >= 4 is 52.2 Å². The van der Waals surface area contributed by atoms with Crippen molar-refractivity contribution in [3.05, 3.63) is 104 Å². The molecule has 0 spiro atoms. The van der Waals surface area contributed by atoms with Crippen LogP contribution in [-0.2, 0) is 20.6 Å². The number of nitrogens with zero attached hydrogens (tertiary/aromatic N) is 1. The zero-order valence-electron chi connectivity index (χ0n) is 22.3. The third kappa shape index (κ3) is 5.34. The number of H-pyrrole nitrogens is 1. The predicted molar refractivity (Wildman–Crippen MR) is 156 cm³/mol. The molecule has 2 aliphatic heterocycles. The van der Waals surface area contributed by atoms with Gasteiger partial charge in [0.25, 0.3) is 5.91 Å². The number of hydrogen-bond donors (Lipinski definition) is 2. The minimum atomic E-state index is -4.67. The number of aromatic amines is 1. The van der Waals surface area contributed by atoms with E-state index in [-0.39, 0.29) is 22.9 Å². The number of rotatable bonds is 6. The van der Waals surface area contributed by atoms with Crippen molar-refractivity contribution in [3.8, 4) is 5.75 Å². The van der Waals surface area contributed by atoms with Crippen molar-refractivity contribution in [2.75, 3.05) is 16.8 Å². The van der Waals surface area contributed by atoms with Gasteiger partial charge in [-0.05, 0) is 42.8 Å². The number of aromatic nitrogens is 1. The van der Waals surface area contributed by atoms with Crippen molar-refractivity contribution in [1.82, 2.24) is 4.98 Å². The number of amides is 3. The highest BCUT2D eigenvalue weighted by molar-refractivity contribution is 8.00. The van der Waals surface area contributed by atoms with Crippen molar-refractivity contribution in [2.24, 2.45) is 5.92 Å². The molecule has 4 aromatic rings. The van der Waals surface area contributed by atoms with Crippen LogP contribution in [0.3, 0.4) is 0 Å². The molecule has 3 amide bonds. The number of ether oxygens (including phenoxy) is 1. The predicted octanol–water partition coefficient (Wildman–Crippen LogP) is 5.58. The molecular formula is C30H22F3N3O5S2. The highest BCUT2D eigenvalue weighted by atomic mass is 32.2. The quantitative estimate of drug-likeness (QED) is 0.271. The van der Waals surface area contributed by atoms with E-state index in [2.05, 4.69) is 10.3 Å². The van der Waals surface area contributed by atoms with Gasteiger partial charge in [-0.1, -0.05) is 65.6 Å². The summed E-state index contributed by atoms with van der Waals surface area (Å²) in [6.45, 7) is 1.49. The molecule has 1 saturated heterocycles. The van der Waals surface area contributed by atoms with Gasteiger partial charge in [-0.15, -0.1) is 0 Å². The molecule has 8 nitrogen and oxygen atoms in total. The van der Waals surface area contributed by atoms with E-state index < -0.39 is 46.5 Å². The number of aryl methyl sites for hydroxylation is 1. The molecule has 3 aromatic carbocycles. The first-order valence-electron chi connectivity index (χ1n) is 13.0. The summed E-state index contributed by atoms with van der Waals surface area (Å²) in [6.07, 6.45) is -4.67. The maximum atomic E-state index is 13.9. The molecule has 0 saturated carbocycles. The lowest BCUT2D eigenvalue weighted by atomic mass is 9.82. The number of hydrogen-bond acceptors (Lipinski definition) is 7. The summed E-state index contributed by atoms with van der Waals surface area (Å²) >= 11 is 1.90. The number of fused-ring (bicyclic) bond motifs is 2. The molecule has 3 atom stereocenters. The lowest BCUT2D eigenvalue weighted by Gasteiger charge is -2.30. The Bertz CT molecular complexity index is 1820. The number of carbonyl (C=O) groups excluding carboxylic acids is 3. The minimum Gasteiger partial charge on any atom is -0.483 e. The number of imide groups is 1. The Kier molecular flexibility index (Phi) is 7.38. The number of carbonyl (C=O) groups is 3. The summed E-state index contributed by atoms with van der Waals surface area (Å²) < 4.78 is 46.3. The van der Waals surface area contributed by atoms with Crippen LogP contribution in [-0.4, -0.2) is 34.6 Å². The molecule has 0 aliphatic carbocycles. The van der Waals surface area contributed by atoms with Crippen molar-refractivity contribution in [2.45, 2.75) is 29.3 Å². The highest BCUT2D eigenvalue weighted by Gasteiger charge is 2.57. The van der Waals surface area contributed by atoms with Gasteiger partial charge in [-0.2, -0.15) is 13.2 Å². The Morgan fingerprint density at radius 3 is 2.51 bits per heavy atom. The van der Waals surface area contributed by atoms with Gasteiger partial charge in [0, 0.05) is 22.0 Å². The summed E-state index contributed by atoms with van der Waals surface area (Å²) in [7, 11) is 0. The first kappa shape index (κ1) is 28.7. The average Bonchev–Trinajstić information content (AvgIpc) is 3.47. The first-order valence-corrected chi connectivity index (χ1v) is 14.7. The largest absolute Gasteiger partial charge is 0.483 e. The summed E-state index contributed by atoms with van der Waals surface area (Å²) in [4.78, 5) is 56.4. The molecule has 13 heteroatoms. The van der Waals surface area contributed by atoms with Gasteiger partial charge >= 0.3 is 11.0 Å². The van der Waals surface area contributed by atoms with Crippen molar-refractivity contribution in [3.63, 3.8) is 0 Å². The number of nitrogens with one attached hydrogen (secondary N) is 2. The van der Waals surface area contributed by atoms with Gasteiger partial charge in [-0.3, -0.25) is 19.2 Å². The maximum Gasteiger partial charge on any atom is 0.416 e. The Morgan fingerprint density at radius 1 is 1.00 bits per heavy atom. The molecule has 1 aromatic heterocycles. The van der Waals surface area contributed by atoms with Crippen molar-refractivity contribution < 1.29 is 32.3 Å². The van der Waals surface area contributed by atoms with Crippen LogP contribution in [0.25, 0.3) is 0 Å². The molecular weight excluding hydrogens is 603 g/mol. The fourth-order valence-electron chi connectivity index (χ4n) is 5.34. The van der Waals surface area contributed by atoms with Crippen LogP contribution in [0.5, 0.6) is 5.75 Å². The van der Waals surface area contributed by atoms with E-state index in [1.165, 1.54) is 6.07 Å². The van der Waals surface area contributed by atoms with E-state index in [9.17, 15) is 32.3 Å². The highest BCUT2D eigenvalue weighted by Crippen LogP contribution is 2.54. The second-order valence-electron chi connectivity index (χ2n) is 10.00. The van der Waals surface area contributed by atoms with Gasteiger partial charge in [0.2, 0.25) is 11.8 Å². The Labute approximate surface area is 250 Å². The monoisotopic (exact) mass is 625 g/mol. The summed E-state index contributed by atoms with van der Waals surface area (Å²) in [5.41, 5.74) is 0.781. The third-order valence-electron chi connectivity index (χ3n) is 7.29. The lowest BCUT2D eigenvalue weighted by molar-refractivity contribution is -0.137. The van der Waals surface area contributed by atoms with E-state index in [1.54, 1.807) is 36.4 Å². The van der Waals surface area contributed by atoms with E-state index in [0.29, 0.717) is 21.2 Å². The number of para-hydroxylation sites is 2. The second kappa shape index (κ2) is 11.0. The number of thiazole rings is 1. The third-order valence-corrected chi connectivity index (χ3v) is 9.69. The number of anilines is 2. The number of benzene rings is 3. The number of thioether (sulfide) groups is 1. The van der Waals surface area contributed by atoms with Crippen LogP contribution >= 0.6 is 23.1 Å².